The van der Waals surface area contributed by atoms with E-state index in [-0.39, 0.29) is 18.4 Å². The van der Waals surface area contributed by atoms with Crippen molar-refractivity contribution < 1.29 is 19.1 Å². The normalized spacial score (nSPS) is 21.3. The average Bonchev–Trinajstić information content (AvgIpc) is 3.42. The number of nitrogens with zero attached hydrogens (tertiary/aromatic N) is 4. The van der Waals surface area contributed by atoms with Gasteiger partial charge in [-0.3, -0.25) is 9.59 Å². The van der Waals surface area contributed by atoms with Crippen LogP contribution in [0.2, 0.25) is 0 Å². The summed E-state index contributed by atoms with van der Waals surface area (Å²) < 4.78 is 12.7. The lowest BCUT2D eigenvalue weighted by atomic mass is 9.78. The number of piperidine rings is 1. The maximum Gasteiger partial charge on any atom is 0.242 e. The highest BCUT2D eigenvalue weighted by Gasteiger charge is 2.49. The summed E-state index contributed by atoms with van der Waals surface area (Å²) in [5.41, 5.74) is 0.447. The second-order valence-electron chi connectivity index (χ2n) is 8.06. The molecule has 2 amide bonds. The number of benzene rings is 1. The van der Waals surface area contributed by atoms with E-state index >= 15 is 0 Å². The standard InChI is InChI=1S/C22H28N4O4/c1-29-18-6-3-5-17(20(18)30-2)13-25-10-4-7-22(21(25)28)8-11-26(15-22)19(27)14-24-12-9-23-16-24/h3,5-6,9,12,16H,4,7-8,10-11,13-15H2,1-2H3. The molecule has 0 bridgehead atoms. The minimum absolute atomic E-state index is 0.0317. The highest BCUT2D eigenvalue weighted by atomic mass is 16.5. The molecule has 2 aromatic rings. The third-order valence-electron chi connectivity index (χ3n) is 6.25. The van der Waals surface area contributed by atoms with Gasteiger partial charge < -0.3 is 23.8 Å². The van der Waals surface area contributed by atoms with Crippen molar-refractivity contribution in [1.82, 2.24) is 19.4 Å². The highest BCUT2D eigenvalue weighted by Crippen LogP contribution is 2.41. The highest BCUT2D eigenvalue weighted by molar-refractivity contribution is 5.86. The van der Waals surface area contributed by atoms with Crippen molar-refractivity contribution >= 4 is 11.8 Å². The van der Waals surface area contributed by atoms with Crippen LogP contribution in [0.1, 0.15) is 24.8 Å². The number of likely N-dealkylation sites (tertiary alicyclic amines) is 2. The Bertz CT molecular complexity index is 914. The number of hydrogen-bond donors (Lipinski definition) is 0. The van der Waals surface area contributed by atoms with E-state index in [0.717, 1.165) is 18.4 Å². The quantitative estimate of drug-likeness (QED) is 0.725. The zero-order valence-electron chi connectivity index (χ0n) is 17.5. The Kier molecular flexibility index (Phi) is 5.65. The van der Waals surface area contributed by atoms with Crippen LogP contribution in [0, 0.1) is 5.41 Å². The van der Waals surface area contributed by atoms with Gasteiger partial charge in [0.25, 0.3) is 0 Å². The molecule has 1 unspecified atom stereocenters. The van der Waals surface area contributed by atoms with E-state index in [4.69, 9.17) is 9.47 Å². The second-order valence-corrected chi connectivity index (χ2v) is 8.06. The van der Waals surface area contributed by atoms with Crippen LogP contribution in [0.4, 0.5) is 0 Å². The number of imidazole rings is 1. The van der Waals surface area contributed by atoms with Crippen molar-refractivity contribution in [1.29, 1.82) is 0 Å². The van der Waals surface area contributed by atoms with Gasteiger partial charge in [-0.1, -0.05) is 12.1 Å². The lowest BCUT2D eigenvalue weighted by Gasteiger charge is -2.39. The molecule has 8 nitrogen and oxygen atoms in total. The summed E-state index contributed by atoms with van der Waals surface area (Å²) in [5, 5.41) is 0. The fourth-order valence-corrected chi connectivity index (χ4v) is 4.69. The number of methoxy groups -OCH3 is 2. The largest absolute Gasteiger partial charge is 0.493 e. The van der Waals surface area contributed by atoms with Gasteiger partial charge in [0.05, 0.1) is 26.0 Å². The summed E-state index contributed by atoms with van der Waals surface area (Å²) in [6.45, 7) is 2.56. The van der Waals surface area contributed by atoms with Crippen molar-refractivity contribution in [3.05, 3.63) is 42.5 Å². The molecule has 4 rings (SSSR count). The molecular weight excluding hydrogens is 384 g/mol. The number of ether oxygens (including phenoxy) is 2. The summed E-state index contributed by atoms with van der Waals surface area (Å²) in [4.78, 5) is 33.9. The maximum atomic E-state index is 13.5. The minimum Gasteiger partial charge on any atom is -0.493 e. The zero-order valence-corrected chi connectivity index (χ0v) is 17.5. The van der Waals surface area contributed by atoms with Crippen LogP contribution in [0.25, 0.3) is 0 Å². The van der Waals surface area contributed by atoms with Crippen LogP contribution in [0.5, 0.6) is 11.5 Å². The predicted molar refractivity (Wildman–Crippen MR) is 110 cm³/mol. The molecule has 160 valence electrons. The molecule has 1 aromatic heterocycles. The van der Waals surface area contributed by atoms with E-state index in [9.17, 15) is 9.59 Å². The third kappa shape index (κ3) is 3.74. The fraction of sp³-hybridized carbons (Fsp3) is 0.500. The molecule has 30 heavy (non-hydrogen) atoms. The van der Waals surface area contributed by atoms with Crippen molar-refractivity contribution in [2.24, 2.45) is 5.41 Å². The molecule has 0 aliphatic carbocycles. The van der Waals surface area contributed by atoms with Crippen molar-refractivity contribution in [3.63, 3.8) is 0 Å². The molecule has 2 saturated heterocycles. The summed E-state index contributed by atoms with van der Waals surface area (Å²) in [5.74, 6) is 1.49. The molecule has 8 heteroatoms. The molecule has 1 spiro atoms. The van der Waals surface area contributed by atoms with Gasteiger partial charge >= 0.3 is 0 Å². The molecule has 1 atom stereocenters. The summed E-state index contributed by atoms with van der Waals surface area (Å²) in [7, 11) is 3.22. The third-order valence-corrected chi connectivity index (χ3v) is 6.25. The molecule has 3 heterocycles. The number of carbonyl (C=O) groups is 2. The smallest absolute Gasteiger partial charge is 0.242 e. The number of para-hydroxylation sites is 1. The van der Waals surface area contributed by atoms with Gasteiger partial charge in [0.2, 0.25) is 11.8 Å². The van der Waals surface area contributed by atoms with E-state index in [1.54, 1.807) is 37.5 Å². The Morgan fingerprint density at radius 2 is 2.07 bits per heavy atom. The van der Waals surface area contributed by atoms with Crippen LogP contribution in [-0.4, -0.2) is 65.0 Å². The van der Waals surface area contributed by atoms with E-state index < -0.39 is 5.41 Å². The Morgan fingerprint density at radius 3 is 2.80 bits per heavy atom. The summed E-state index contributed by atoms with van der Waals surface area (Å²) in [6, 6.07) is 5.72. The SMILES string of the molecule is COc1cccc(CN2CCCC3(CCN(C(=O)Cn4ccnc4)C3)C2=O)c1OC. The molecule has 2 aliphatic heterocycles. The lowest BCUT2D eigenvalue weighted by Crippen LogP contribution is -2.50. The van der Waals surface area contributed by atoms with E-state index in [2.05, 4.69) is 4.98 Å². The minimum atomic E-state index is -0.477. The van der Waals surface area contributed by atoms with Gasteiger partial charge in [-0.05, 0) is 25.3 Å². The maximum absolute atomic E-state index is 13.5. The second kappa shape index (κ2) is 8.38. The van der Waals surface area contributed by atoms with Crippen LogP contribution in [0.15, 0.2) is 36.9 Å². The first-order valence-corrected chi connectivity index (χ1v) is 10.3. The molecule has 1 aromatic carbocycles. The van der Waals surface area contributed by atoms with E-state index in [0.29, 0.717) is 44.1 Å². The Balaban J connectivity index is 1.47. The van der Waals surface area contributed by atoms with Crippen molar-refractivity contribution in [3.8, 4) is 11.5 Å². The fourth-order valence-electron chi connectivity index (χ4n) is 4.69. The number of carbonyl (C=O) groups excluding carboxylic acids is 2. The van der Waals surface area contributed by atoms with Crippen LogP contribution in [0.3, 0.4) is 0 Å². The van der Waals surface area contributed by atoms with Crippen LogP contribution >= 0.6 is 0 Å². The molecular formula is C22H28N4O4. The van der Waals surface area contributed by atoms with Gasteiger partial charge in [-0.15, -0.1) is 0 Å². The number of hydrogen-bond acceptors (Lipinski definition) is 5. The summed E-state index contributed by atoms with van der Waals surface area (Å²) in [6.07, 6.45) is 7.55. The first-order chi connectivity index (χ1) is 14.6. The van der Waals surface area contributed by atoms with Crippen LogP contribution in [-0.2, 0) is 22.7 Å². The average molecular weight is 412 g/mol. The first kappa shape index (κ1) is 20.3. The monoisotopic (exact) mass is 412 g/mol. The molecule has 2 fully saturated rings. The van der Waals surface area contributed by atoms with Crippen LogP contribution < -0.4 is 9.47 Å². The van der Waals surface area contributed by atoms with Gasteiger partial charge in [0.15, 0.2) is 11.5 Å². The Hall–Kier alpha value is -3.03. The Morgan fingerprint density at radius 1 is 1.20 bits per heavy atom. The molecule has 0 saturated carbocycles. The Labute approximate surface area is 176 Å². The number of amides is 2. The van der Waals surface area contributed by atoms with Crippen molar-refractivity contribution in [2.75, 3.05) is 33.9 Å². The predicted octanol–water partition coefficient (Wildman–Crippen LogP) is 1.94. The van der Waals surface area contributed by atoms with Gasteiger partial charge in [-0.2, -0.15) is 0 Å². The zero-order chi connectivity index (χ0) is 21.1. The van der Waals surface area contributed by atoms with Gasteiger partial charge in [0.1, 0.15) is 6.54 Å². The van der Waals surface area contributed by atoms with E-state index in [1.807, 2.05) is 28.0 Å². The lowest BCUT2D eigenvalue weighted by molar-refractivity contribution is -0.146. The number of rotatable bonds is 6. The van der Waals surface area contributed by atoms with Crippen molar-refractivity contribution in [2.45, 2.75) is 32.4 Å². The molecule has 0 radical (unpaired) electrons. The number of aromatic nitrogens is 2. The topological polar surface area (TPSA) is 76.9 Å². The summed E-state index contributed by atoms with van der Waals surface area (Å²) >= 11 is 0. The molecule has 2 aliphatic rings. The molecule has 0 N–H and O–H groups in total. The van der Waals surface area contributed by atoms with E-state index in [1.165, 1.54) is 0 Å². The first-order valence-electron chi connectivity index (χ1n) is 10.3. The van der Waals surface area contributed by atoms with Gasteiger partial charge in [-0.25, -0.2) is 4.98 Å². The van der Waals surface area contributed by atoms with Gasteiger partial charge in [0, 0.05) is 44.1 Å².